The van der Waals surface area contributed by atoms with Crippen molar-refractivity contribution in [1.29, 1.82) is 0 Å². The number of benzene rings is 1. The first-order valence-electron chi connectivity index (χ1n) is 7.24. The molecule has 0 aromatic heterocycles. The summed E-state index contributed by atoms with van der Waals surface area (Å²) in [5.41, 5.74) is 2.00. The quantitative estimate of drug-likeness (QED) is 0.784. The molecule has 2 aliphatic heterocycles. The fourth-order valence-electron chi connectivity index (χ4n) is 2.84. The molecule has 2 aliphatic rings. The van der Waals surface area contributed by atoms with Crippen LogP contribution in [0.15, 0.2) is 29.4 Å². The topological polar surface area (TPSA) is 62.2 Å². The maximum absolute atomic E-state index is 12.3. The highest BCUT2D eigenvalue weighted by atomic mass is 16.5. The lowest BCUT2D eigenvalue weighted by Crippen LogP contribution is -2.42. The van der Waals surface area contributed by atoms with E-state index in [0.717, 1.165) is 29.2 Å². The molecule has 6 nitrogen and oxygen atoms in total. The molecule has 2 heterocycles. The Morgan fingerprint density at radius 3 is 3.00 bits per heavy atom. The minimum Gasteiger partial charge on any atom is -0.785 e. The van der Waals surface area contributed by atoms with Gasteiger partial charge in [-0.05, 0) is 37.6 Å². The van der Waals surface area contributed by atoms with Crippen LogP contribution in [0.25, 0.3) is 0 Å². The number of carbonyl (C=O) groups excluding carboxylic acids is 1. The van der Waals surface area contributed by atoms with Gasteiger partial charge in [0.1, 0.15) is 0 Å². The van der Waals surface area contributed by atoms with Gasteiger partial charge in [0.05, 0.1) is 12.2 Å². The van der Waals surface area contributed by atoms with Crippen molar-refractivity contribution in [3.8, 4) is 0 Å². The normalized spacial score (nSPS) is 23.7. The molecule has 2 amide bonds. The number of piperidine rings is 1. The molecule has 21 heavy (non-hydrogen) atoms. The van der Waals surface area contributed by atoms with E-state index in [4.69, 9.17) is 0 Å². The van der Waals surface area contributed by atoms with E-state index in [2.05, 4.69) is 5.10 Å². The Balaban J connectivity index is 1.73. The third kappa shape index (κ3) is 2.91. The maximum Gasteiger partial charge on any atom is 0.344 e. The van der Waals surface area contributed by atoms with Gasteiger partial charge < -0.3 is 10.3 Å². The average Bonchev–Trinajstić information content (AvgIpc) is 2.50. The van der Waals surface area contributed by atoms with Gasteiger partial charge >= 0.3 is 6.03 Å². The van der Waals surface area contributed by atoms with Crippen molar-refractivity contribution in [2.24, 2.45) is 11.0 Å². The minimum absolute atomic E-state index is 0.131. The standard InChI is InChI=1S/C15H19N4O2/c1-17-14-7-3-2-6-13(14)11-19(15(17)20)16-9-12-5-4-8-18(21)10-12/h2-3,6-7,9,12H,4-5,8,10-11H2,1H3/q-1/b16-9+. The zero-order valence-corrected chi connectivity index (χ0v) is 12.1. The number of hydroxylamine groups is 2. The van der Waals surface area contributed by atoms with Gasteiger partial charge in [-0.15, -0.1) is 0 Å². The fraction of sp³-hybridized carbons (Fsp3) is 0.467. The number of hydrogen-bond donors (Lipinski definition) is 0. The predicted molar refractivity (Wildman–Crippen MR) is 81.9 cm³/mol. The number of urea groups is 1. The molecule has 1 saturated heterocycles. The number of anilines is 1. The molecular formula is C15H19N4O2-. The molecular weight excluding hydrogens is 268 g/mol. The Kier molecular flexibility index (Phi) is 3.90. The summed E-state index contributed by atoms with van der Waals surface area (Å²) < 4.78 is 0. The summed E-state index contributed by atoms with van der Waals surface area (Å²) in [5, 5.41) is 18.2. The molecule has 1 fully saturated rings. The van der Waals surface area contributed by atoms with Crippen LogP contribution in [-0.2, 0) is 6.54 Å². The molecule has 0 bridgehead atoms. The summed E-state index contributed by atoms with van der Waals surface area (Å²) in [6.45, 7) is 1.55. The van der Waals surface area contributed by atoms with Gasteiger partial charge in [-0.1, -0.05) is 18.2 Å². The second-order valence-electron chi connectivity index (χ2n) is 5.58. The van der Waals surface area contributed by atoms with Gasteiger partial charge in [0.25, 0.3) is 0 Å². The summed E-state index contributed by atoms with van der Waals surface area (Å²) in [4.78, 5) is 13.9. The average molecular weight is 287 g/mol. The molecule has 0 aliphatic carbocycles. The van der Waals surface area contributed by atoms with Crippen molar-refractivity contribution in [2.45, 2.75) is 19.4 Å². The van der Waals surface area contributed by atoms with Crippen molar-refractivity contribution in [3.63, 3.8) is 0 Å². The van der Waals surface area contributed by atoms with Crippen molar-refractivity contribution in [2.75, 3.05) is 25.0 Å². The second kappa shape index (κ2) is 5.83. The first kappa shape index (κ1) is 14.0. The molecule has 0 spiro atoms. The summed E-state index contributed by atoms with van der Waals surface area (Å²) >= 11 is 0. The zero-order chi connectivity index (χ0) is 14.8. The van der Waals surface area contributed by atoms with Gasteiger partial charge in [-0.3, -0.25) is 4.90 Å². The molecule has 112 valence electrons. The summed E-state index contributed by atoms with van der Waals surface area (Å²) in [6, 6.07) is 7.68. The van der Waals surface area contributed by atoms with Gasteiger partial charge in [0.15, 0.2) is 0 Å². The molecule has 6 heteroatoms. The molecule has 1 unspecified atom stereocenters. The van der Waals surface area contributed by atoms with Crippen LogP contribution in [0, 0.1) is 11.1 Å². The van der Waals surface area contributed by atoms with E-state index in [-0.39, 0.29) is 11.9 Å². The van der Waals surface area contributed by atoms with Gasteiger partial charge in [-0.2, -0.15) is 5.10 Å². The van der Waals surface area contributed by atoms with Crippen molar-refractivity contribution < 1.29 is 4.79 Å². The lowest BCUT2D eigenvalue weighted by molar-refractivity contribution is 0.202. The monoisotopic (exact) mass is 287 g/mol. The zero-order valence-electron chi connectivity index (χ0n) is 12.1. The first-order chi connectivity index (χ1) is 10.1. The molecule has 0 radical (unpaired) electrons. The number of hydrogen-bond acceptors (Lipinski definition) is 4. The highest BCUT2D eigenvalue weighted by molar-refractivity contribution is 5.94. The maximum atomic E-state index is 12.3. The summed E-state index contributed by atoms with van der Waals surface area (Å²) in [7, 11) is 1.75. The van der Waals surface area contributed by atoms with Crippen LogP contribution in [0.2, 0.25) is 0 Å². The van der Waals surface area contributed by atoms with E-state index in [0.29, 0.717) is 19.6 Å². The Hall–Kier alpha value is -1.92. The number of rotatable bonds is 2. The summed E-state index contributed by atoms with van der Waals surface area (Å²) in [6.07, 6.45) is 3.59. The van der Waals surface area contributed by atoms with Crippen LogP contribution in [0.4, 0.5) is 10.5 Å². The summed E-state index contributed by atoms with van der Waals surface area (Å²) in [5.74, 6) is 0.131. The van der Waals surface area contributed by atoms with E-state index in [1.54, 1.807) is 18.2 Å². The third-order valence-electron chi connectivity index (χ3n) is 4.02. The van der Waals surface area contributed by atoms with Crippen molar-refractivity contribution in [1.82, 2.24) is 10.1 Å². The molecule has 1 aromatic rings. The van der Waals surface area contributed by atoms with Crippen molar-refractivity contribution in [3.05, 3.63) is 35.0 Å². The molecule has 1 atom stereocenters. The predicted octanol–water partition coefficient (Wildman–Crippen LogP) is 2.25. The number of fused-ring (bicyclic) bond motifs is 1. The molecule has 3 rings (SSSR count). The molecule has 0 N–H and O–H groups in total. The smallest absolute Gasteiger partial charge is 0.344 e. The van der Waals surface area contributed by atoms with E-state index in [9.17, 15) is 10.0 Å². The SMILES string of the molecule is CN1C(=O)N(/N=C/C2CCCN([O-])C2)Cc2ccccc21. The van der Waals surface area contributed by atoms with E-state index < -0.39 is 0 Å². The first-order valence-corrected chi connectivity index (χ1v) is 7.24. The Morgan fingerprint density at radius 1 is 1.38 bits per heavy atom. The highest BCUT2D eigenvalue weighted by Crippen LogP contribution is 2.27. The van der Waals surface area contributed by atoms with E-state index >= 15 is 0 Å². The Labute approximate surface area is 124 Å². The lowest BCUT2D eigenvalue weighted by atomic mass is 10.0. The largest absolute Gasteiger partial charge is 0.785 e. The lowest BCUT2D eigenvalue weighted by Gasteiger charge is -2.36. The molecule has 1 aromatic carbocycles. The van der Waals surface area contributed by atoms with Crippen LogP contribution in [0.3, 0.4) is 0 Å². The highest BCUT2D eigenvalue weighted by Gasteiger charge is 2.27. The van der Waals surface area contributed by atoms with Crippen LogP contribution in [-0.4, -0.2) is 42.5 Å². The van der Waals surface area contributed by atoms with E-state index in [1.165, 1.54) is 5.01 Å². The van der Waals surface area contributed by atoms with Gasteiger partial charge in [0.2, 0.25) is 0 Å². The van der Waals surface area contributed by atoms with Crippen LogP contribution >= 0.6 is 0 Å². The third-order valence-corrected chi connectivity index (χ3v) is 4.02. The van der Waals surface area contributed by atoms with E-state index in [1.807, 2.05) is 24.3 Å². The Morgan fingerprint density at radius 2 is 2.19 bits per heavy atom. The van der Waals surface area contributed by atoms with Gasteiger partial charge in [0, 0.05) is 19.2 Å². The fourth-order valence-corrected chi connectivity index (χ4v) is 2.84. The number of carbonyl (C=O) groups is 1. The van der Waals surface area contributed by atoms with Crippen LogP contribution < -0.4 is 4.90 Å². The number of amides is 2. The molecule has 0 saturated carbocycles. The second-order valence-corrected chi connectivity index (χ2v) is 5.58. The Bertz CT molecular complexity index is 560. The van der Waals surface area contributed by atoms with Gasteiger partial charge in [-0.25, -0.2) is 9.80 Å². The van der Waals surface area contributed by atoms with Crippen LogP contribution in [0.1, 0.15) is 18.4 Å². The number of hydrazone groups is 1. The number of para-hydroxylation sites is 1. The van der Waals surface area contributed by atoms with Crippen LogP contribution in [0.5, 0.6) is 0 Å². The number of nitrogens with zero attached hydrogens (tertiary/aromatic N) is 4. The van der Waals surface area contributed by atoms with Crippen molar-refractivity contribution >= 4 is 17.9 Å². The minimum atomic E-state index is -0.139.